The quantitative estimate of drug-likeness (QED) is 0.646. The summed E-state index contributed by atoms with van der Waals surface area (Å²) in [5.41, 5.74) is 1.97. The zero-order chi connectivity index (χ0) is 17.4. The summed E-state index contributed by atoms with van der Waals surface area (Å²) in [5, 5.41) is 15.8. The second kappa shape index (κ2) is 8.90. The van der Waals surface area contributed by atoms with Gasteiger partial charge in [-0.3, -0.25) is 4.99 Å². The third kappa shape index (κ3) is 5.25. The van der Waals surface area contributed by atoms with Crippen molar-refractivity contribution in [2.45, 2.75) is 13.0 Å². The molecule has 2 aromatic carbocycles. The highest BCUT2D eigenvalue weighted by Gasteiger charge is 2.05. The molecule has 0 unspecified atom stereocenters. The lowest BCUT2D eigenvalue weighted by molar-refractivity contribution is 0.604. The van der Waals surface area contributed by atoms with Crippen LogP contribution in [-0.4, -0.2) is 19.6 Å². The molecule has 0 heterocycles. The summed E-state index contributed by atoms with van der Waals surface area (Å²) in [4.78, 5) is 4.11. The van der Waals surface area contributed by atoms with Crippen molar-refractivity contribution in [3.8, 4) is 6.07 Å². The first-order valence-corrected chi connectivity index (χ1v) is 7.87. The molecular weight excluding hydrogens is 327 g/mol. The van der Waals surface area contributed by atoms with E-state index in [9.17, 15) is 4.39 Å². The summed E-state index contributed by atoms with van der Waals surface area (Å²) in [5.74, 6) is 0.217. The van der Waals surface area contributed by atoms with Gasteiger partial charge >= 0.3 is 0 Å². The Bertz CT molecular complexity index is 768. The molecule has 0 atom stereocenters. The van der Waals surface area contributed by atoms with Crippen LogP contribution in [0, 0.1) is 17.1 Å². The van der Waals surface area contributed by atoms with E-state index in [0.717, 1.165) is 12.0 Å². The van der Waals surface area contributed by atoms with Crippen molar-refractivity contribution in [3.05, 3.63) is 70.0 Å². The summed E-state index contributed by atoms with van der Waals surface area (Å²) in [6.07, 6.45) is 0.791. The van der Waals surface area contributed by atoms with Gasteiger partial charge in [0.15, 0.2) is 5.96 Å². The van der Waals surface area contributed by atoms with E-state index in [4.69, 9.17) is 16.9 Å². The number of rotatable bonds is 5. The van der Waals surface area contributed by atoms with Gasteiger partial charge in [-0.1, -0.05) is 23.7 Å². The molecule has 124 valence electrons. The van der Waals surface area contributed by atoms with Crippen LogP contribution in [0.2, 0.25) is 5.02 Å². The second-order valence-corrected chi connectivity index (χ2v) is 5.59. The Morgan fingerprint density at radius 2 is 2.08 bits per heavy atom. The molecule has 0 saturated carbocycles. The number of hydrogen-bond donors (Lipinski definition) is 2. The number of hydrogen-bond acceptors (Lipinski definition) is 2. The van der Waals surface area contributed by atoms with E-state index in [1.807, 2.05) is 30.3 Å². The minimum absolute atomic E-state index is 0.248. The summed E-state index contributed by atoms with van der Waals surface area (Å²) >= 11 is 5.96. The molecule has 0 aliphatic heterocycles. The average Bonchev–Trinajstić information content (AvgIpc) is 2.59. The fourth-order valence-corrected chi connectivity index (χ4v) is 2.41. The van der Waals surface area contributed by atoms with Crippen LogP contribution in [0.4, 0.5) is 4.39 Å². The lowest BCUT2D eigenvalue weighted by Crippen LogP contribution is -2.38. The van der Waals surface area contributed by atoms with Crippen molar-refractivity contribution in [3.63, 3.8) is 0 Å². The summed E-state index contributed by atoms with van der Waals surface area (Å²) in [6, 6.07) is 14.0. The van der Waals surface area contributed by atoms with Gasteiger partial charge in [0.1, 0.15) is 5.82 Å². The van der Waals surface area contributed by atoms with Crippen molar-refractivity contribution in [1.29, 1.82) is 5.26 Å². The topological polar surface area (TPSA) is 60.2 Å². The highest BCUT2D eigenvalue weighted by Crippen LogP contribution is 2.11. The van der Waals surface area contributed by atoms with Crippen LogP contribution in [0.3, 0.4) is 0 Å². The Morgan fingerprint density at radius 3 is 2.79 bits per heavy atom. The van der Waals surface area contributed by atoms with Crippen LogP contribution >= 0.6 is 11.6 Å². The van der Waals surface area contributed by atoms with Gasteiger partial charge in [-0.15, -0.1) is 0 Å². The van der Waals surface area contributed by atoms with Gasteiger partial charge in [0, 0.05) is 30.7 Å². The molecule has 0 fully saturated rings. The van der Waals surface area contributed by atoms with Gasteiger partial charge in [0.05, 0.1) is 11.6 Å². The minimum atomic E-state index is -0.351. The van der Waals surface area contributed by atoms with Crippen molar-refractivity contribution in [2.24, 2.45) is 4.99 Å². The molecular formula is C18H18ClFN4. The minimum Gasteiger partial charge on any atom is -0.356 e. The summed E-state index contributed by atoms with van der Waals surface area (Å²) in [7, 11) is 1.65. The molecule has 2 aromatic rings. The molecule has 0 saturated heterocycles. The number of halogens is 2. The van der Waals surface area contributed by atoms with Crippen molar-refractivity contribution in [2.75, 3.05) is 13.6 Å². The van der Waals surface area contributed by atoms with Crippen molar-refractivity contribution in [1.82, 2.24) is 10.6 Å². The number of benzene rings is 2. The van der Waals surface area contributed by atoms with E-state index in [0.29, 0.717) is 28.7 Å². The van der Waals surface area contributed by atoms with E-state index in [2.05, 4.69) is 15.6 Å². The van der Waals surface area contributed by atoms with Crippen molar-refractivity contribution >= 4 is 17.6 Å². The predicted molar refractivity (Wildman–Crippen MR) is 94.5 cm³/mol. The van der Waals surface area contributed by atoms with Crippen molar-refractivity contribution < 1.29 is 4.39 Å². The van der Waals surface area contributed by atoms with Crippen LogP contribution in [0.25, 0.3) is 0 Å². The highest BCUT2D eigenvalue weighted by molar-refractivity contribution is 6.30. The van der Waals surface area contributed by atoms with Gasteiger partial charge in [0.25, 0.3) is 0 Å². The first-order valence-electron chi connectivity index (χ1n) is 7.50. The van der Waals surface area contributed by atoms with Crippen LogP contribution < -0.4 is 10.6 Å². The van der Waals surface area contributed by atoms with E-state index < -0.39 is 0 Å². The van der Waals surface area contributed by atoms with Crippen LogP contribution in [0.15, 0.2) is 47.5 Å². The molecule has 0 aliphatic rings. The maximum Gasteiger partial charge on any atom is 0.191 e. The molecule has 2 rings (SSSR count). The fraction of sp³-hybridized carbons (Fsp3) is 0.222. The maximum atomic E-state index is 13.7. The van der Waals surface area contributed by atoms with E-state index >= 15 is 0 Å². The van der Waals surface area contributed by atoms with Gasteiger partial charge in [-0.05, 0) is 42.3 Å². The number of nitriles is 1. The van der Waals surface area contributed by atoms with Crippen LogP contribution in [0.5, 0.6) is 0 Å². The molecule has 0 radical (unpaired) electrons. The molecule has 0 amide bonds. The Balaban J connectivity index is 1.86. The Labute approximate surface area is 146 Å². The van der Waals surface area contributed by atoms with Crippen LogP contribution in [0.1, 0.15) is 16.7 Å². The highest BCUT2D eigenvalue weighted by atomic mass is 35.5. The number of aliphatic imine (C=N–C) groups is 1. The normalized spacial score (nSPS) is 11.0. The summed E-state index contributed by atoms with van der Waals surface area (Å²) in [6.45, 7) is 0.916. The first-order chi connectivity index (χ1) is 11.6. The third-order valence-electron chi connectivity index (χ3n) is 3.44. The molecule has 0 aliphatic carbocycles. The average molecular weight is 345 g/mol. The maximum absolute atomic E-state index is 13.7. The monoisotopic (exact) mass is 344 g/mol. The van der Waals surface area contributed by atoms with Gasteiger partial charge in [-0.25, -0.2) is 4.39 Å². The number of nitrogens with one attached hydrogen (secondary N) is 2. The SMILES string of the molecule is CN=C(NCCc1cccc(Cl)c1)NCc1cc(C#N)ccc1F. The van der Waals surface area contributed by atoms with E-state index in [1.54, 1.807) is 7.05 Å². The smallest absolute Gasteiger partial charge is 0.191 e. The molecule has 24 heavy (non-hydrogen) atoms. The molecule has 4 nitrogen and oxygen atoms in total. The Morgan fingerprint density at radius 1 is 1.25 bits per heavy atom. The molecule has 6 heteroatoms. The van der Waals surface area contributed by atoms with E-state index in [-0.39, 0.29) is 12.4 Å². The first kappa shape index (κ1) is 17.8. The lowest BCUT2D eigenvalue weighted by Gasteiger charge is -2.12. The number of nitrogens with zero attached hydrogens (tertiary/aromatic N) is 2. The Hall–Kier alpha value is -2.58. The Kier molecular flexibility index (Phi) is 6.59. The largest absolute Gasteiger partial charge is 0.356 e. The molecule has 2 N–H and O–H groups in total. The van der Waals surface area contributed by atoms with Gasteiger partial charge < -0.3 is 10.6 Å². The lowest BCUT2D eigenvalue weighted by atomic mass is 10.1. The number of guanidine groups is 1. The molecule has 0 bridgehead atoms. The van der Waals surface area contributed by atoms with Gasteiger partial charge in [0.2, 0.25) is 0 Å². The van der Waals surface area contributed by atoms with E-state index in [1.165, 1.54) is 18.2 Å². The zero-order valence-electron chi connectivity index (χ0n) is 13.3. The summed E-state index contributed by atoms with van der Waals surface area (Å²) < 4.78 is 13.7. The third-order valence-corrected chi connectivity index (χ3v) is 3.67. The standard InChI is InChI=1S/C18H18ClFN4/c1-22-18(23-8-7-13-3-2-4-16(19)10-13)24-12-15-9-14(11-21)5-6-17(15)20/h2-6,9-10H,7-8,12H2,1H3,(H2,22,23,24). The zero-order valence-corrected chi connectivity index (χ0v) is 14.1. The van der Waals surface area contributed by atoms with Crippen LogP contribution in [-0.2, 0) is 13.0 Å². The second-order valence-electron chi connectivity index (χ2n) is 5.15. The molecule has 0 aromatic heterocycles. The predicted octanol–water partition coefficient (Wildman–Crippen LogP) is 3.26. The van der Waals surface area contributed by atoms with Gasteiger partial charge in [-0.2, -0.15) is 5.26 Å². The molecule has 0 spiro atoms. The fourth-order valence-electron chi connectivity index (χ4n) is 2.20.